The van der Waals surface area contributed by atoms with Crippen molar-refractivity contribution in [1.82, 2.24) is 0 Å². The molecule has 0 saturated heterocycles. The topological polar surface area (TPSA) is 31.4 Å². The van der Waals surface area contributed by atoms with E-state index in [0.717, 1.165) is 28.0 Å². The van der Waals surface area contributed by atoms with E-state index in [1.165, 1.54) is 54.7 Å². The highest BCUT2D eigenvalue weighted by molar-refractivity contribution is 6.33. The highest BCUT2D eigenvalue weighted by atomic mass is 15.1. The van der Waals surface area contributed by atoms with Gasteiger partial charge in [-0.25, -0.2) is 4.85 Å². The van der Waals surface area contributed by atoms with E-state index in [1.54, 1.807) is 0 Å². The van der Waals surface area contributed by atoms with Crippen molar-refractivity contribution in [1.29, 1.82) is 5.26 Å². The molecule has 0 aromatic heterocycles. The van der Waals surface area contributed by atoms with Crippen LogP contribution >= 0.6 is 0 Å². The molecule has 0 atom stereocenters. The first-order valence-corrected chi connectivity index (χ1v) is 17.6. The van der Waals surface area contributed by atoms with Crippen molar-refractivity contribution in [3.05, 3.63) is 205 Å². The van der Waals surface area contributed by atoms with E-state index in [0.29, 0.717) is 11.3 Å². The Balaban J connectivity index is 1.43. The quantitative estimate of drug-likeness (QED) is 0.130. The molecule has 0 fully saturated rings. The molecule has 0 amide bonds. The van der Waals surface area contributed by atoms with Crippen LogP contribution in [0.3, 0.4) is 0 Å². The second-order valence-corrected chi connectivity index (χ2v) is 13.1. The highest BCUT2D eigenvalue weighted by Gasteiger charge is 2.22. The zero-order chi connectivity index (χ0) is 35.7. The van der Waals surface area contributed by atoms with Crippen LogP contribution < -0.4 is 4.90 Å². The third kappa shape index (κ3) is 5.55. The SMILES string of the molecule is [C-]#[N+]c1ccc(N(c2ccc(C#N)cc2)c2ccc3c(c2)c2ccccc2c2c(-c4ccccc4)cc(-c4ccccc4)c(-c4ccccc4)c32)cc1. The summed E-state index contributed by atoms with van der Waals surface area (Å²) in [5, 5.41) is 16.7. The lowest BCUT2D eigenvalue weighted by atomic mass is 9.81. The van der Waals surface area contributed by atoms with Gasteiger partial charge in [-0.3, -0.25) is 0 Å². The van der Waals surface area contributed by atoms with Crippen molar-refractivity contribution in [3.63, 3.8) is 0 Å². The van der Waals surface area contributed by atoms with Gasteiger partial charge < -0.3 is 4.90 Å². The van der Waals surface area contributed by atoms with Gasteiger partial charge in [-0.15, -0.1) is 0 Å². The molecule has 0 saturated carbocycles. The van der Waals surface area contributed by atoms with Gasteiger partial charge in [-0.1, -0.05) is 133 Å². The maximum Gasteiger partial charge on any atom is 0.187 e. The standard InChI is InChI=1S/C50H31N3/c1-52-38-23-27-40(28-24-38)53(39-25-21-34(33-51)22-26-39)41-29-30-44-47(31-41)42-19-11-12-20-43(42)49-46(36-15-7-3-8-16-36)32-45(35-13-5-2-6-14-35)48(50(44)49)37-17-9-4-10-18-37/h2-32H. The van der Waals surface area contributed by atoms with E-state index in [2.05, 4.69) is 155 Å². The molecule has 9 aromatic carbocycles. The van der Waals surface area contributed by atoms with Gasteiger partial charge in [0.1, 0.15) is 0 Å². The summed E-state index contributed by atoms with van der Waals surface area (Å²) in [6, 6.07) is 67.7. The van der Waals surface area contributed by atoms with Crippen LogP contribution in [0.4, 0.5) is 22.7 Å². The summed E-state index contributed by atoms with van der Waals surface area (Å²) in [7, 11) is 0. The molecule has 0 N–H and O–H groups in total. The normalized spacial score (nSPS) is 11.0. The van der Waals surface area contributed by atoms with E-state index in [4.69, 9.17) is 6.57 Å². The van der Waals surface area contributed by atoms with E-state index in [9.17, 15) is 5.26 Å². The molecule has 9 rings (SSSR count). The summed E-state index contributed by atoms with van der Waals surface area (Å²) < 4.78 is 0. The number of nitriles is 1. The number of rotatable bonds is 6. The molecule has 3 heteroatoms. The summed E-state index contributed by atoms with van der Waals surface area (Å²) in [6.07, 6.45) is 0. The number of benzene rings is 9. The number of hydrogen-bond donors (Lipinski definition) is 0. The molecule has 3 nitrogen and oxygen atoms in total. The van der Waals surface area contributed by atoms with Crippen LogP contribution in [0, 0.1) is 17.9 Å². The third-order valence-corrected chi connectivity index (χ3v) is 10.1. The van der Waals surface area contributed by atoms with Crippen molar-refractivity contribution < 1.29 is 0 Å². The van der Waals surface area contributed by atoms with E-state index in [1.807, 2.05) is 48.5 Å². The van der Waals surface area contributed by atoms with Crippen molar-refractivity contribution in [2.24, 2.45) is 0 Å². The molecule has 9 aromatic rings. The predicted octanol–water partition coefficient (Wildman–Crippen LogP) is 14.0. The van der Waals surface area contributed by atoms with E-state index >= 15 is 0 Å². The first kappa shape index (κ1) is 31.5. The molecule has 53 heavy (non-hydrogen) atoms. The minimum atomic E-state index is 0.585. The molecule has 0 unspecified atom stereocenters. The Morgan fingerprint density at radius 3 is 1.55 bits per heavy atom. The highest BCUT2D eigenvalue weighted by Crippen LogP contribution is 2.50. The van der Waals surface area contributed by atoms with Gasteiger partial charge in [0.2, 0.25) is 0 Å². The second-order valence-electron chi connectivity index (χ2n) is 13.1. The van der Waals surface area contributed by atoms with Crippen LogP contribution in [0.25, 0.3) is 70.5 Å². The molecule has 0 heterocycles. The van der Waals surface area contributed by atoms with Gasteiger partial charge in [-0.05, 0) is 120 Å². The van der Waals surface area contributed by atoms with Gasteiger partial charge in [0, 0.05) is 17.1 Å². The van der Waals surface area contributed by atoms with E-state index < -0.39 is 0 Å². The molecule has 0 radical (unpaired) electrons. The van der Waals surface area contributed by atoms with Gasteiger partial charge in [-0.2, -0.15) is 5.26 Å². The molecule has 0 bridgehead atoms. The minimum absolute atomic E-state index is 0.585. The summed E-state index contributed by atoms with van der Waals surface area (Å²) >= 11 is 0. The molecule has 0 spiro atoms. The Bertz CT molecular complexity index is 2810. The van der Waals surface area contributed by atoms with Crippen molar-refractivity contribution >= 4 is 55.1 Å². The largest absolute Gasteiger partial charge is 0.311 e. The van der Waals surface area contributed by atoms with Gasteiger partial charge in [0.15, 0.2) is 5.69 Å². The monoisotopic (exact) mass is 673 g/mol. The number of fused-ring (bicyclic) bond motifs is 6. The average Bonchev–Trinajstić information content (AvgIpc) is 3.24. The third-order valence-electron chi connectivity index (χ3n) is 10.1. The van der Waals surface area contributed by atoms with Crippen molar-refractivity contribution in [2.45, 2.75) is 0 Å². The van der Waals surface area contributed by atoms with Crippen LogP contribution in [0.5, 0.6) is 0 Å². The fraction of sp³-hybridized carbons (Fsp3) is 0. The number of anilines is 3. The molecule has 246 valence electrons. The summed E-state index contributed by atoms with van der Waals surface area (Å²) in [4.78, 5) is 5.83. The fourth-order valence-electron chi connectivity index (χ4n) is 7.68. The van der Waals surface area contributed by atoms with Crippen LogP contribution in [0.1, 0.15) is 5.56 Å². The molecule has 0 aliphatic heterocycles. The lowest BCUT2D eigenvalue weighted by molar-refractivity contribution is 1.29. The fourth-order valence-corrected chi connectivity index (χ4v) is 7.68. The molecular weight excluding hydrogens is 643 g/mol. The summed E-state index contributed by atoms with van der Waals surface area (Å²) in [5.41, 5.74) is 11.1. The smallest absolute Gasteiger partial charge is 0.187 e. The number of hydrogen-bond acceptors (Lipinski definition) is 2. The lowest BCUT2D eigenvalue weighted by Crippen LogP contribution is -2.09. The van der Waals surface area contributed by atoms with Gasteiger partial charge >= 0.3 is 0 Å². The maximum atomic E-state index is 9.56. The van der Waals surface area contributed by atoms with Gasteiger partial charge in [0.25, 0.3) is 0 Å². The Morgan fingerprint density at radius 1 is 0.434 bits per heavy atom. The minimum Gasteiger partial charge on any atom is -0.311 e. The number of nitrogens with zero attached hydrogens (tertiary/aromatic N) is 3. The first-order valence-electron chi connectivity index (χ1n) is 17.6. The Hall–Kier alpha value is -7.46. The lowest BCUT2D eigenvalue weighted by Gasteiger charge is -2.27. The van der Waals surface area contributed by atoms with E-state index in [-0.39, 0.29) is 0 Å². The predicted molar refractivity (Wildman–Crippen MR) is 221 cm³/mol. The molecule has 0 aliphatic carbocycles. The average molecular weight is 674 g/mol. The second kappa shape index (κ2) is 13.3. The van der Waals surface area contributed by atoms with Crippen LogP contribution in [0.15, 0.2) is 188 Å². The zero-order valence-electron chi connectivity index (χ0n) is 28.7. The molecule has 0 aliphatic rings. The van der Waals surface area contributed by atoms with Gasteiger partial charge in [0.05, 0.1) is 18.2 Å². The van der Waals surface area contributed by atoms with Crippen molar-refractivity contribution in [2.75, 3.05) is 4.90 Å². The van der Waals surface area contributed by atoms with Crippen LogP contribution in [-0.4, -0.2) is 0 Å². The Kier molecular flexibility index (Phi) is 7.94. The van der Waals surface area contributed by atoms with Crippen molar-refractivity contribution in [3.8, 4) is 39.4 Å². The maximum absolute atomic E-state index is 9.56. The molecular formula is C50H31N3. The Labute approximate surface area is 308 Å². The first-order chi connectivity index (χ1) is 26.2. The zero-order valence-corrected chi connectivity index (χ0v) is 28.7. The Morgan fingerprint density at radius 2 is 0.943 bits per heavy atom. The summed E-state index contributed by atoms with van der Waals surface area (Å²) in [6.45, 7) is 7.53. The van der Waals surface area contributed by atoms with Crippen LogP contribution in [-0.2, 0) is 0 Å². The van der Waals surface area contributed by atoms with Crippen LogP contribution in [0.2, 0.25) is 0 Å². The summed E-state index contributed by atoms with van der Waals surface area (Å²) in [5.74, 6) is 0.